The van der Waals surface area contributed by atoms with Crippen molar-refractivity contribution in [1.82, 2.24) is 5.32 Å². The van der Waals surface area contributed by atoms with Crippen molar-refractivity contribution in [3.8, 4) is 5.75 Å². The Morgan fingerprint density at radius 3 is 2.88 bits per heavy atom. The molecule has 1 aromatic carbocycles. The summed E-state index contributed by atoms with van der Waals surface area (Å²) in [5.41, 5.74) is 0.524. The maximum absolute atomic E-state index is 11.6. The summed E-state index contributed by atoms with van der Waals surface area (Å²) >= 11 is 5.90. The Morgan fingerprint density at radius 1 is 1.56 bits per heavy atom. The standard InChI is InChI=1S/C11H14ClNO3/c1-16-11-3-2-8(6-9(11)12)10(15)7-13-4-5-14/h2-3,6,13-14H,4-5,7H2,1H3. The minimum absolute atomic E-state index is 0.0106. The number of methoxy groups -OCH3 is 1. The number of rotatable bonds is 6. The summed E-state index contributed by atoms with van der Waals surface area (Å²) in [6.07, 6.45) is 0. The van der Waals surface area contributed by atoms with E-state index < -0.39 is 0 Å². The Labute approximate surface area is 99.2 Å². The summed E-state index contributed by atoms with van der Waals surface area (Å²) in [7, 11) is 1.52. The van der Waals surface area contributed by atoms with Crippen molar-refractivity contribution in [2.75, 3.05) is 26.8 Å². The molecule has 0 amide bonds. The number of benzene rings is 1. The van der Waals surface area contributed by atoms with Gasteiger partial charge in [0.2, 0.25) is 0 Å². The number of ketones is 1. The fourth-order valence-corrected chi connectivity index (χ4v) is 1.48. The highest BCUT2D eigenvalue weighted by Gasteiger charge is 2.08. The number of carbonyl (C=O) groups is 1. The van der Waals surface area contributed by atoms with Crippen LogP contribution in [0.3, 0.4) is 0 Å². The lowest BCUT2D eigenvalue weighted by Gasteiger charge is -2.06. The molecule has 0 unspecified atom stereocenters. The summed E-state index contributed by atoms with van der Waals surface area (Å²) < 4.78 is 4.99. The minimum Gasteiger partial charge on any atom is -0.495 e. The molecule has 16 heavy (non-hydrogen) atoms. The van der Waals surface area contributed by atoms with Gasteiger partial charge in [-0.2, -0.15) is 0 Å². The predicted molar refractivity (Wildman–Crippen MR) is 62.3 cm³/mol. The normalized spacial score (nSPS) is 10.2. The fraction of sp³-hybridized carbons (Fsp3) is 0.364. The van der Waals surface area contributed by atoms with Crippen LogP contribution in [0.15, 0.2) is 18.2 Å². The SMILES string of the molecule is COc1ccc(C(=O)CNCCO)cc1Cl. The van der Waals surface area contributed by atoms with Crippen LogP contribution in [-0.2, 0) is 0 Å². The molecule has 0 atom stereocenters. The number of hydrogen-bond acceptors (Lipinski definition) is 4. The molecule has 5 heteroatoms. The molecule has 2 N–H and O–H groups in total. The molecule has 0 saturated heterocycles. The molecule has 1 rings (SSSR count). The second-order valence-corrected chi connectivity index (χ2v) is 3.58. The molecule has 0 aliphatic heterocycles. The Balaban J connectivity index is 2.66. The van der Waals surface area contributed by atoms with Crippen LogP contribution in [0.5, 0.6) is 5.75 Å². The molecule has 4 nitrogen and oxygen atoms in total. The van der Waals surface area contributed by atoms with Crippen molar-refractivity contribution in [2.24, 2.45) is 0 Å². The number of aliphatic hydroxyl groups is 1. The topological polar surface area (TPSA) is 58.6 Å². The van der Waals surface area contributed by atoms with E-state index in [9.17, 15) is 4.79 Å². The van der Waals surface area contributed by atoms with Gasteiger partial charge in [0.25, 0.3) is 0 Å². The van der Waals surface area contributed by atoms with E-state index in [1.54, 1.807) is 18.2 Å². The number of Topliss-reactive ketones (excluding diaryl/α,β-unsaturated/α-hetero) is 1. The molecule has 0 radical (unpaired) electrons. The molecule has 88 valence electrons. The van der Waals surface area contributed by atoms with Gasteiger partial charge in [-0.25, -0.2) is 0 Å². The molecular formula is C11H14ClNO3. The average Bonchev–Trinajstić information content (AvgIpc) is 2.29. The van der Waals surface area contributed by atoms with Gasteiger partial charge in [-0.05, 0) is 18.2 Å². The van der Waals surface area contributed by atoms with Gasteiger partial charge in [0.15, 0.2) is 5.78 Å². The van der Waals surface area contributed by atoms with Crippen LogP contribution in [0.1, 0.15) is 10.4 Å². The molecular weight excluding hydrogens is 230 g/mol. The molecule has 0 saturated carbocycles. The number of carbonyl (C=O) groups excluding carboxylic acids is 1. The molecule has 0 aromatic heterocycles. The molecule has 0 aliphatic carbocycles. The van der Waals surface area contributed by atoms with E-state index in [4.69, 9.17) is 21.4 Å². The number of ether oxygens (including phenoxy) is 1. The summed E-state index contributed by atoms with van der Waals surface area (Å²) in [6.45, 7) is 0.593. The highest BCUT2D eigenvalue weighted by molar-refractivity contribution is 6.32. The Hall–Kier alpha value is -1.10. The quantitative estimate of drug-likeness (QED) is 0.581. The van der Waals surface area contributed by atoms with Crippen LogP contribution in [0.4, 0.5) is 0 Å². The van der Waals surface area contributed by atoms with Crippen LogP contribution in [0, 0.1) is 0 Å². The summed E-state index contributed by atoms with van der Waals surface area (Å²) in [4.78, 5) is 11.6. The first-order chi connectivity index (χ1) is 7.69. The van der Waals surface area contributed by atoms with E-state index in [-0.39, 0.29) is 18.9 Å². The molecule has 0 aliphatic rings. The number of halogens is 1. The lowest BCUT2D eigenvalue weighted by atomic mass is 10.1. The van der Waals surface area contributed by atoms with Crippen molar-refractivity contribution < 1.29 is 14.6 Å². The van der Waals surface area contributed by atoms with Gasteiger partial charge in [0.1, 0.15) is 5.75 Å². The third kappa shape index (κ3) is 3.48. The van der Waals surface area contributed by atoms with E-state index in [1.165, 1.54) is 7.11 Å². The first kappa shape index (κ1) is 13.0. The Kier molecular flexibility index (Phi) is 5.25. The van der Waals surface area contributed by atoms with Crippen molar-refractivity contribution in [3.63, 3.8) is 0 Å². The zero-order valence-electron chi connectivity index (χ0n) is 9.00. The van der Waals surface area contributed by atoms with Gasteiger partial charge in [0, 0.05) is 12.1 Å². The van der Waals surface area contributed by atoms with Crippen LogP contribution in [0.2, 0.25) is 5.02 Å². The van der Waals surface area contributed by atoms with E-state index in [2.05, 4.69) is 5.32 Å². The van der Waals surface area contributed by atoms with E-state index in [1.807, 2.05) is 0 Å². The molecule has 0 spiro atoms. The summed E-state index contributed by atoms with van der Waals surface area (Å²) in [6, 6.07) is 4.89. The monoisotopic (exact) mass is 243 g/mol. The Morgan fingerprint density at radius 2 is 2.31 bits per heavy atom. The predicted octanol–water partition coefficient (Wildman–Crippen LogP) is 1.11. The summed E-state index contributed by atoms with van der Waals surface area (Å²) in [5, 5.41) is 11.8. The molecule has 1 aromatic rings. The highest BCUT2D eigenvalue weighted by Crippen LogP contribution is 2.24. The van der Waals surface area contributed by atoms with Crippen LogP contribution >= 0.6 is 11.6 Å². The second kappa shape index (κ2) is 6.48. The van der Waals surface area contributed by atoms with E-state index in [0.717, 1.165) is 0 Å². The zero-order chi connectivity index (χ0) is 12.0. The lowest BCUT2D eigenvalue weighted by Crippen LogP contribution is -2.25. The van der Waals surface area contributed by atoms with E-state index >= 15 is 0 Å². The summed E-state index contributed by atoms with van der Waals surface area (Å²) in [5.74, 6) is 0.472. The minimum atomic E-state index is -0.0713. The molecule has 0 bridgehead atoms. The van der Waals surface area contributed by atoms with E-state index in [0.29, 0.717) is 22.9 Å². The van der Waals surface area contributed by atoms with Crippen molar-refractivity contribution in [2.45, 2.75) is 0 Å². The van der Waals surface area contributed by atoms with Gasteiger partial charge in [-0.15, -0.1) is 0 Å². The maximum Gasteiger partial charge on any atom is 0.176 e. The van der Waals surface area contributed by atoms with Crippen molar-refractivity contribution in [1.29, 1.82) is 0 Å². The van der Waals surface area contributed by atoms with Crippen LogP contribution < -0.4 is 10.1 Å². The maximum atomic E-state index is 11.6. The highest BCUT2D eigenvalue weighted by atomic mass is 35.5. The number of aliphatic hydroxyl groups excluding tert-OH is 1. The van der Waals surface area contributed by atoms with Crippen molar-refractivity contribution >= 4 is 17.4 Å². The molecule has 0 fully saturated rings. The van der Waals surface area contributed by atoms with Crippen LogP contribution in [0.25, 0.3) is 0 Å². The third-order valence-corrected chi connectivity index (χ3v) is 2.34. The first-order valence-corrected chi connectivity index (χ1v) is 5.25. The lowest BCUT2D eigenvalue weighted by molar-refractivity contribution is 0.0989. The van der Waals surface area contributed by atoms with Gasteiger partial charge >= 0.3 is 0 Å². The number of hydrogen-bond donors (Lipinski definition) is 2. The van der Waals surface area contributed by atoms with Gasteiger partial charge in [0.05, 0.1) is 25.3 Å². The van der Waals surface area contributed by atoms with Gasteiger partial charge < -0.3 is 15.2 Å². The average molecular weight is 244 g/mol. The largest absolute Gasteiger partial charge is 0.495 e. The fourth-order valence-electron chi connectivity index (χ4n) is 1.22. The van der Waals surface area contributed by atoms with Crippen molar-refractivity contribution in [3.05, 3.63) is 28.8 Å². The second-order valence-electron chi connectivity index (χ2n) is 3.17. The Bertz CT molecular complexity index is 368. The number of nitrogens with one attached hydrogen (secondary N) is 1. The van der Waals surface area contributed by atoms with Gasteiger partial charge in [-0.1, -0.05) is 11.6 Å². The van der Waals surface area contributed by atoms with Crippen LogP contribution in [-0.4, -0.2) is 37.7 Å². The molecule has 0 heterocycles. The third-order valence-electron chi connectivity index (χ3n) is 2.05. The van der Waals surface area contributed by atoms with Gasteiger partial charge in [-0.3, -0.25) is 4.79 Å². The smallest absolute Gasteiger partial charge is 0.176 e. The zero-order valence-corrected chi connectivity index (χ0v) is 9.75. The first-order valence-electron chi connectivity index (χ1n) is 4.87.